The lowest BCUT2D eigenvalue weighted by molar-refractivity contribution is -0.119. The summed E-state index contributed by atoms with van der Waals surface area (Å²) >= 11 is 0. The number of para-hydroxylation sites is 1. The summed E-state index contributed by atoms with van der Waals surface area (Å²) in [5.74, 6) is -0.621. The standard InChI is InChI=1S/C24H27N5O4/c1-4-20-18(14-27-29(20)21-11-7-8-12-25-21)24(32)33-15-22(30)28-19-10-6-5-9-17(19)23(31)26-13-16(2)3/h5-12,14,16H,4,13,15H2,1-3H3,(H,26,31)(H,28,30). The molecule has 3 aromatic rings. The first kappa shape index (κ1) is 23.6. The lowest BCUT2D eigenvalue weighted by atomic mass is 10.1. The number of anilines is 1. The minimum absolute atomic E-state index is 0.268. The fraction of sp³-hybridized carbons (Fsp3) is 0.292. The van der Waals surface area contributed by atoms with Crippen molar-refractivity contribution in [1.29, 1.82) is 0 Å². The summed E-state index contributed by atoms with van der Waals surface area (Å²) < 4.78 is 6.78. The van der Waals surface area contributed by atoms with Crippen LogP contribution in [0.25, 0.3) is 5.82 Å². The molecule has 0 spiro atoms. The molecule has 0 radical (unpaired) electrons. The Morgan fingerprint density at radius 3 is 2.52 bits per heavy atom. The first-order valence-corrected chi connectivity index (χ1v) is 10.7. The molecule has 0 atom stereocenters. The summed E-state index contributed by atoms with van der Waals surface area (Å²) in [5.41, 5.74) is 1.58. The molecule has 0 saturated heterocycles. The van der Waals surface area contributed by atoms with Crippen molar-refractivity contribution < 1.29 is 19.1 Å². The Kier molecular flexibility index (Phi) is 7.91. The monoisotopic (exact) mass is 449 g/mol. The lowest BCUT2D eigenvalue weighted by Gasteiger charge is -2.12. The second kappa shape index (κ2) is 11.0. The molecule has 2 aromatic heterocycles. The van der Waals surface area contributed by atoms with Gasteiger partial charge in [0.05, 0.1) is 23.1 Å². The zero-order valence-corrected chi connectivity index (χ0v) is 18.9. The van der Waals surface area contributed by atoms with Crippen LogP contribution in [0.1, 0.15) is 47.2 Å². The largest absolute Gasteiger partial charge is 0.452 e. The molecule has 2 N–H and O–H groups in total. The van der Waals surface area contributed by atoms with Gasteiger partial charge < -0.3 is 15.4 Å². The van der Waals surface area contributed by atoms with Gasteiger partial charge in [0.1, 0.15) is 5.56 Å². The number of carbonyl (C=O) groups is 3. The maximum atomic E-state index is 12.6. The molecule has 0 aliphatic carbocycles. The van der Waals surface area contributed by atoms with Gasteiger partial charge in [-0.25, -0.2) is 14.5 Å². The predicted molar refractivity (Wildman–Crippen MR) is 123 cm³/mol. The number of aromatic nitrogens is 3. The normalized spacial score (nSPS) is 10.7. The van der Waals surface area contributed by atoms with Crippen LogP contribution in [-0.2, 0) is 16.0 Å². The summed E-state index contributed by atoms with van der Waals surface area (Å²) in [4.78, 5) is 41.7. The number of hydrogen-bond acceptors (Lipinski definition) is 6. The summed E-state index contributed by atoms with van der Waals surface area (Å²) in [5, 5.41) is 9.70. The molecule has 2 heterocycles. The molecule has 0 fully saturated rings. The summed E-state index contributed by atoms with van der Waals surface area (Å²) in [6.07, 6.45) is 3.56. The molecule has 0 aliphatic rings. The van der Waals surface area contributed by atoms with E-state index in [0.29, 0.717) is 41.6 Å². The molecule has 9 nitrogen and oxygen atoms in total. The topological polar surface area (TPSA) is 115 Å². The number of rotatable bonds is 9. The Labute approximate surface area is 192 Å². The molecule has 0 unspecified atom stereocenters. The Balaban J connectivity index is 1.64. The highest BCUT2D eigenvalue weighted by atomic mass is 16.5. The van der Waals surface area contributed by atoms with Crippen LogP contribution in [0.4, 0.5) is 5.69 Å². The van der Waals surface area contributed by atoms with Gasteiger partial charge >= 0.3 is 5.97 Å². The highest BCUT2D eigenvalue weighted by molar-refractivity contribution is 6.04. The van der Waals surface area contributed by atoms with Crippen LogP contribution < -0.4 is 10.6 Å². The lowest BCUT2D eigenvalue weighted by Crippen LogP contribution is -2.29. The van der Waals surface area contributed by atoms with Crippen LogP contribution in [0.2, 0.25) is 0 Å². The molecule has 2 amide bonds. The van der Waals surface area contributed by atoms with Gasteiger partial charge in [-0.15, -0.1) is 0 Å². The number of hydrogen-bond donors (Lipinski definition) is 2. The minimum atomic E-state index is -0.660. The number of nitrogens with zero attached hydrogens (tertiary/aromatic N) is 3. The molecule has 33 heavy (non-hydrogen) atoms. The first-order valence-electron chi connectivity index (χ1n) is 10.7. The van der Waals surface area contributed by atoms with Gasteiger partial charge in [-0.1, -0.05) is 39.0 Å². The summed E-state index contributed by atoms with van der Waals surface area (Å²) in [7, 11) is 0. The van der Waals surface area contributed by atoms with E-state index in [4.69, 9.17) is 4.74 Å². The van der Waals surface area contributed by atoms with Gasteiger partial charge in [0.25, 0.3) is 11.8 Å². The van der Waals surface area contributed by atoms with E-state index in [1.807, 2.05) is 26.8 Å². The van der Waals surface area contributed by atoms with Crippen molar-refractivity contribution in [1.82, 2.24) is 20.1 Å². The van der Waals surface area contributed by atoms with E-state index in [-0.39, 0.29) is 11.5 Å². The molecular weight excluding hydrogens is 422 g/mol. The third kappa shape index (κ3) is 6.03. The van der Waals surface area contributed by atoms with Crippen molar-refractivity contribution in [3.8, 4) is 5.82 Å². The molecular formula is C24H27N5O4. The quantitative estimate of drug-likeness (QED) is 0.485. The number of benzene rings is 1. The highest BCUT2D eigenvalue weighted by Crippen LogP contribution is 2.17. The number of nitrogens with one attached hydrogen (secondary N) is 2. The van der Waals surface area contributed by atoms with Crippen LogP contribution in [0.3, 0.4) is 0 Å². The Hall–Kier alpha value is -4.01. The Morgan fingerprint density at radius 1 is 1.06 bits per heavy atom. The van der Waals surface area contributed by atoms with Crippen LogP contribution in [0.15, 0.2) is 54.9 Å². The van der Waals surface area contributed by atoms with Crippen molar-refractivity contribution in [2.45, 2.75) is 27.2 Å². The fourth-order valence-electron chi connectivity index (χ4n) is 3.14. The zero-order chi connectivity index (χ0) is 23.8. The third-order valence-corrected chi connectivity index (χ3v) is 4.74. The summed E-state index contributed by atoms with van der Waals surface area (Å²) in [6, 6.07) is 12.1. The Bertz CT molecular complexity index is 1120. The molecule has 3 rings (SSSR count). The van der Waals surface area contributed by atoms with Crippen LogP contribution >= 0.6 is 0 Å². The molecule has 0 aliphatic heterocycles. The fourth-order valence-corrected chi connectivity index (χ4v) is 3.14. The minimum Gasteiger partial charge on any atom is -0.452 e. The van der Waals surface area contributed by atoms with Crippen LogP contribution in [0, 0.1) is 5.92 Å². The SMILES string of the molecule is CCc1c(C(=O)OCC(=O)Nc2ccccc2C(=O)NCC(C)C)cnn1-c1ccccn1. The highest BCUT2D eigenvalue weighted by Gasteiger charge is 2.20. The predicted octanol–water partition coefficient (Wildman–Crippen LogP) is 3.01. The van der Waals surface area contributed by atoms with Crippen LogP contribution in [-0.4, -0.2) is 45.7 Å². The molecule has 0 saturated carbocycles. The number of pyridine rings is 1. The first-order chi connectivity index (χ1) is 15.9. The van der Waals surface area contributed by atoms with E-state index in [9.17, 15) is 14.4 Å². The van der Waals surface area contributed by atoms with Crippen molar-refractivity contribution in [2.24, 2.45) is 5.92 Å². The molecule has 1 aromatic carbocycles. The maximum Gasteiger partial charge on any atom is 0.342 e. The van der Waals surface area contributed by atoms with Gasteiger partial charge in [-0.2, -0.15) is 5.10 Å². The number of ether oxygens (including phenoxy) is 1. The van der Waals surface area contributed by atoms with Gasteiger partial charge in [0, 0.05) is 12.7 Å². The van der Waals surface area contributed by atoms with E-state index in [2.05, 4.69) is 20.7 Å². The molecule has 9 heteroatoms. The van der Waals surface area contributed by atoms with Crippen molar-refractivity contribution in [2.75, 3.05) is 18.5 Å². The third-order valence-electron chi connectivity index (χ3n) is 4.74. The molecule has 172 valence electrons. The zero-order valence-electron chi connectivity index (χ0n) is 18.9. The average Bonchev–Trinajstić information content (AvgIpc) is 3.26. The molecule has 0 bridgehead atoms. The van der Waals surface area contributed by atoms with Gasteiger partial charge in [-0.05, 0) is 36.6 Å². The smallest absolute Gasteiger partial charge is 0.342 e. The van der Waals surface area contributed by atoms with E-state index in [1.165, 1.54) is 6.20 Å². The van der Waals surface area contributed by atoms with Gasteiger partial charge in [-0.3, -0.25) is 9.59 Å². The maximum absolute atomic E-state index is 12.6. The van der Waals surface area contributed by atoms with Gasteiger partial charge in [0.15, 0.2) is 12.4 Å². The van der Waals surface area contributed by atoms with Crippen molar-refractivity contribution in [3.05, 3.63) is 71.7 Å². The van der Waals surface area contributed by atoms with E-state index in [0.717, 1.165) is 0 Å². The van der Waals surface area contributed by atoms with Crippen molar-refractivity contribution >= 4 is 23.5 Å². The van der Waals surface area contributed by atoms with Crippen LogP contribution in [0.5, 0.6) is 0 Å². The van der Waals surface area contributed by atoms with E-state index < -0.39 is 18.5 Å². The second-order valence-electron chi connectivity index (χ2n) is 7.73. The number of carbonyl (C=O) groups excluding carboxylic acids is 3. The number of esters is 1. The van der Waals surface area contributed by atoms with E-state index >= 15 is 0 Å². The number of amides is 2. The second-order valence-corrected chi connectivity index (χ2v) is 7.73. The summed E-state index contributed by atoms with van der Waals surface area (Å²) in [6.45, 7) is 5.89. The Morgan fingerprint density at radius 2 is 1.82 bits per heavy atom. The van der Waals surface area contributed by atoms with Crippen molar-refractivity contribution in [3.63, 3.8) is 0 Å². The van der Waals surface area contributed by atoms with E-state index in [1.54, 1.807) is 47.3 Å². The average molecular weight is 450 g/mol. The van der Waals surface area contributed by atoms with Gasteiger partial charge in [0.2, 0.25) is 0 Å².